The molecule has 5 heterocycles. The van der Waals surface area contributed by atoms with Crippen LogP contribution in [0.15, 0.2) is 28.3 Å². The van der Waals surface area contributed by atoms with Crippen LogP contribution < -0.4 is 10.7 Å². The number of oxime groups is 1. The van der Waals surface area contributed by atoms with Gasteiger partial charge >= 0.3 is 18.0 Å². The van der Waals surface area contributed by atoms with Crippen LogP contribution in [-0.4, -0.2) is 191 Å². The zero-order valence-corrected chi connectivity index (χ0v) is 48.5. The molecular weight excluding hydrogens is 1030 g/mol. The van der Waals surface area contributed by atoms with E-state index in [9.17, 15) is 44.7 Å². The van der Waals surface area contributed by atoms with Crippen LogP contribution in [0.2, 0.25) is 0 Å². The van der Waals surface area contributed by atoms with Gasteiger partial charge in [-0.15, -0.1) is 0 Å². The lowest BCUT2D eigenvalue weighted by Crippen LogP contribution is -2.61. The minimum atomic E-state index is -1.98. The Morgan fingerprint density at radius 2 is 1.66 bits per heavy atom. The van der Waals surface area contributed by atoms with E-state index in [1.165, 1.54) is 27.3 Å². The van der Waals surface area contributed by atoms with Crippen LogP contribution in [0.3, 0.4) is 0 Å². The number of aromatic nitrogens is 1. The Kier molecular flexibility index (Phi) is 21.6. The van der Waals surface area contributed by atoms with Gasteiger partial charge in [-0.2, -0.15) is 0 Å². The second kappa shape index (κ2) is 26.7. The fourth-order valence-electron chi connectivity index (χ4n) is 12.2. The number of likely N-dealkylation sites (N-methyl/N-ethyl adjacent to an activating group) is 1. The van der Waals surface area contributed by atoms with Crippen molar-refractivity contribution in [2.75, 3.05) is 48.1 Å². The summed E-state index contributed by atoms with van der Waals surface area (Å²) in [7, 11) is 6.53. The number of alkyl carbamates (subject to hydrolysis) is 1. The number of esters is 1. The smallest absolute Gasteiger partial charge is 0.407 e. The number of benzene rings is 1. The number of rotatable bonds is 17. The predicted molar refractivity (Wildman–Crippen MR) is 287 cm³/mol. The quantitative estimate of drug-likeness (QED) is 0.0738. The summed E-state index contributed by atoms with van der Waals surface area (Å²) in [5.41, 5.74) is -3.24. The van der Waals surface area contributed by atoms with Gasteiger partial charge in [-0.25, -0.2) is 9.59 Å². The zero-order valence-electron chi connectivity index (χ0n) is 48.5. The molecule has 1 aromatic carbocycles. The molecule has 1 amide bonds. The maximum absolute atomic E-state index is 14.6. The molecule has 0 spiro atoms. The third kappa shape index (κ3) is 14.5. The first-order chi connectivity index (χ1) is 37.1. The number of ether oxygens (including phenoxy) is 9. The Labute approximate surface area is 463 Å². The van der Waals surface area contributed by atoms with Gasteiger partial charge < -0.3 is 87.8 Å². The average molecular weight is 1120 g/mol. The van der Waals surface area contributed by atoms with Crippen LogP contribution in [0.4, 0.5) is 4.79 Å². The number of nitrogens with zero attached hydrogens (tertiary/aromatic N) is 3. The van der Waals surface area contributed by atoms with Crippen molar-refractivity contribution in [2.45, 2.75) is 205 Å². The molecule has 0 radical (unpaired) electrons. The lowest BCUT2D eigenvalue weighted by atomic mass is 9.73. The molecule has 3 saturated heterocycles. The van der Waals surface area contributed by atoms with E-state index in [4.69, 9.17) is 47.5 Å². The summed E-state index contributed by atoms with van der Waals surface area (Å²) in [6.07, 6.45) is -8.53. The largest absolute Gasteiger partial charge is 0.477 e. The second-order valence-corrected chi connectivity index (χ2v) is 23.1. The van der Waals surface area contributed by atoms with Gasteiger partial charge in [0.15, 0.2) is 18.7 Å². The summed E-state index contributed by atoms with van der Waals surface area (Å²) in [5, 5.41) is 65.4. The summed E-state index contributed by atoms with van der Waals surface area (Å²) in [4.78, 5) is 60.0. The number of pyridine rings is 1. The Morgan fingerprint density at radius 1 is 0.949 bits per heavy atom. The highest BCUT2D eigenvalue weighted by atomic mass is 16.7. The Balaban J connectivity index is 1.17. The molecule has 2 aromatic rings. The van der Waals surface area contributed by atoms with Gasteiger partial charge in [-0.05, 0) is 99.4 Å². The van der Waals surface area contributed by atoms with Crippen molar-refractivity contribution in [2.24, 2.45) is 28.8 Å². The van der Waals surface area contributed by atoms with Crippen LogP contribution in [0.25, 0.3) is 10.9 Å². The molecule has 79 heavy (non-hydrogen) atoms. The summed E-state index contributed by atoms with van der Waals surface area (Å²) >= 11 is 0. The number of amides is 1. The van der Waals surface area contributed by atoms with Gasteiger partial charge in [0.25, 0.3) is 0 Å². The number of aliphatic hydroxyl groups is 4. The minimum Gasteiger partial charge on any atom is -0.477 e. The number of carbonyl (C=O) groups is 3. The first-order valence-corrected chi connectivity index (χ1v) is 27.6. The normalized spacial score (nSPS) is 37.3. The zero-order chi connectivity index (χ0) is 58.5. The van der Waals surface area contributed by atoms with E-state index in [-0.39, 0.29) is 56.9 Å². The number of hydrogen-bond donors (Lipinski definition) is 6. The van der Waals surface area contributed by atoms with Gasteiger partial charge in [-0.3, -0.25) is 9.59 Å². The molecular formula is C56H88N4O19. The van der Waals surface area contributed by atoms with Crippen molar-refractivity contribution in [1.82, 2.24) is 14.8 Å². The van der Waals surface area contributed by atoms with Crippen LogP contribution in [-0.2, 0) is 72.0 Å². The number of cyclic esters (lactones) is 1. The molecule has 23 nitrogen and oxygen atoms in total. The number of aryl methyl sites for hydroxylation is 1. The predicted octanol–water partition coefficient (Wildman–Crippen LogP) is 4.10. The summed E-state index contributed by atoms with van der Waals surface area (Å²) < 4.78 is 57.7. The molecule has 3 fully saturated rings. The number of methoxy groups -OCH3 is 1. The maximum Gasteiger partial charge on any atom is 0.407 e. The van der Waals surface area contributed by atoms with Crippen LogP contribution in [0.5, 0.6) is 0 Å². The van der Waals surface area contributed by atoms with E-state index in [1.54, 1.807) is 59.1 Å². The summed E-state index contributed by atoms with van der Waals surface area (Å²) in [5.74, 6) is -5.59. The van der Waals surface area contributed by atoms with E-state index in [2.05, 4.69) is 10.5 Å². The SMILES string of the molecule is CC[C@H]1OC(=O)[C@H](C)[C@@H](O[C@H]2C[C@@](C)(OC)[C@@H](OC(=O)NCCOCCCc3cc4c5c(c3)c(=O)c(C(=O)O)cn5COC4)[C@H](C)O2)[C@H](C)[C@@H](OC2O[C@H](C)C[C@H](N(C)C)[C@H]2O)[C@](C)(O)C[C@@H](C)C(=NOC)[C@H](C)[C@@H](O)[C@]1(C)O. The Morgan fingerprint density at radius 3 is 2.30 bits per heavy atom. The molecule has 4 aliphatic rings. The van der Waals surface area contributed by atoms with Crippen molar-refractivity contribution in [3.05, 3.63) is 45.2 Å². The van der Waals surface area contributed by atoms with Gasteiger partial charge in [-0.1, -0.05) is 38.9 Å². The van der Waals surface area contributed by atoms with Crippen molar-refractivity contribution in [3.8, 4) is 0 Å². The first kappa shape index (κ1) is 63.8. The van der Waals surface area contributed by atoms with E-state index in [0.29, 0.717) is 49.1 Å². The molecule has 18 atom stereocenters. The molecule has 0 bridgehead atoms. The monoisotopic (exact) mass is 1120 g/mol. The third-order valence-electron chi connectivity index (χ3n) is 16.5. The Hall–Kier alpha value is -4.37. The number of aromatic carboxylic acids is 1. The van der Waals surface area contributed by atoms with E-state index < -0.39 is 119 Å². The van der Waals surface area contributed by atoms with Crippen molar-refractivity contribution < 1.29 is 87.4 Å². The number of carbonyl (C=O) groups excluding carboxylic acids is 2. The highest BCUT2D eigenvalue weighted by molar-refractivity contribution is 5.94. The highest BCUT2D eigenvalue weighted by Gasteiger charge is 2.54. The second-order valence-electron chi connectivity index (χ2n) is 23.1. The third-order valence-corrected chi connectivity index (χ3v) is 16.5. The molecule has 1 aromatic heterocycles. The molecule has 6 N–H and O–H groups in total. The lowest BCUT2D eigenvalue weighted by molar-refractivity contribution is -0.317. The number of aliphatic hydroxyl groups excluding tert-OH is 2. The summed E-state index contributed by atoms with van der Waals surface area (Å²) in [6.45, 7) is 17.9. The lowest BCUT2D eigenvalue weighted by Gasteiger charge is -2.49. The van der Waals surface area contributed by atoms with Crippen molar-refractivity contribution >= 4 is 34.6 Å². The van der Waals surface area contributed by atoms with Crippen LogP contribution >= 0.6 is 0 Å². The van der Waals surface area contributed by atoms with Crippen LogP contribution in [0, 0.1) is 23.7 Å². The molecule has 1 unspecified atom stereocenters. The molecule has 0 aliphatic carbocycles. The number of nitrogens with one attached hydrogen (secondary N) is 1. The topological polar surface area (TPSA) is 294 Å². The van der Waals surface area contributed by atoms with Crippen molar-refractivity contribution in [3.63, 3.8) is 0 Å². The maximum atomic E-state index is 14.6. The Bertz CT molecular complexity index is 2500. The van der Waals surface area contributed by atoms with Crippen LogP contribution in [0.1, 0.15) is 123 Å². The molecule has 6 rings (SSSR count). The fourth-order valence-corrected chi connectivity index (χ4v) is 12.2. The summed E-state index contributed by atoms with van der Waals surface area (Å²) in [6, 6.07) is 3.31. The first-order valence-electron chi connectivity index (χ1n) is 27.6. The van der Waals surface area contributed by atoms with E-state index >= 15 is 0 Å². The molecule has 0 saturated carbocycles. The van der Waals surface area contributed by atoms with Gasteiger partial charge in [0, 0.05) is 67.6 Å². The van der Waals surface area contributed by atoms with E-state index in [1.807, 2.05) is 38.9 Å². The van der Waals surface area contributed by atoms with Crippen molar-refractivity contribution in [1.29, 1.82) is 0 Å². The molecule has 23 heteroatoms. The number of hydrogen-bond acceptors (Lipinski definition) is 20. The number of carboxylic acids is 1. The van der Waals surface area contributed by atoms with Gasteiger partial charge in [0.2, 0.25) is 5.43 Å². The molecule has 446 valence electrons. The van der Waals surface area contributed by atoms with E-state index in [0.717, 1.165) is 11.1 Å². The van der Waals surface area contributed by atoms with Gasteiger partial charge in [0.1, 0.15) is 42.8 Å². The van der Waals surface area contributed by atoms with Gasteiger partial charge in [0.05, 0.1) is 66.5 Å². The number of carboxylic acid groups (broad SMARTS) is 1. The average Bonchev–Trinajstić information content (AvgIpc) is 3.60. The highest BCUT2D eigenvalue weighted by Crippen LogP contribution is 2.42. The minimum absolute atomic E-state index is 0.0128. The standard InChI is InChI=1S/C56H88N4O19/c1-15-40-56(10,69)47(63)31(4)42(58-71-14)29(2)24-54(8,68)48(78-52-45(62)39(59(11)12)21-30(3)74-52)32(5)46(33(6)51(66)76-40)77-41-25-55(9,70-13)49(34(7)75-41)79-53(67)57-18-20-72-19-16-17-35-22-36-27-73-28-60-26-38(50(64)65)44(61)37(23-35)43(36)60/h22-23,26,29-34,39-41,45-49,52,62-63,68-69H,15-21,24-25,27-28H2,1-14H3,(H,57,67)(H,64,65)/t29-,30-,31+,32+,33-,34+,39+,40-,41+,45-,46+,47-,48-,49+,52?,54-,55-,56-/m1/s1. The fraction of sp³-hybridized carbons (Fsp3) is 0.768. The molecule has 4 aliphatic heterocycles.